The summed E-state index contributed by atoms with van der Waals surface area (Å²) in [6, 6.07) is 4.61. The van der Waals surface area contributed by atoms with Crippen molar-refractivity contribution in [3.8, 4) is 0 Å². The van der Waals surface area contributed by atoms with Crippen molar-refractivity contribution in [1.29, 1.82) is 0 Å². The SMILES string of the molecule is CCS(=O)(=O)N1CCN(c2ccc(N3C[C@H](CNC(C)=S)OC3=O)cc2F)CC1. The second-order valence-corrected chi connectivity index (χ2v) is 9.85. The fourth-order valence-corrected chi connectivity index (χ4v) is 4.57. The third-order valence-corrected chi connectivity index (χ3v) is 7.06. The molecule has 8 nitrogen and oxygen atoms in total. The van der Waals surface area contributed by atoms with E-state index in [2.05, 4.69) is 5.32 Å². The van der Waals surface area contributed by atoms with Gasteiger partial charge in [0.25, 0.3) is 0 Å². The molecule has 0 bridgehead atoms. The highest BCUT2D eigenvalue weighted by molar-refractivity contribution is 7.89. The number of thiocarbonyl (C=S) groups is 1. The third-order valence-electron chi connectivity index (χ3n) is 5.03. The fourth-order valence-electron chi connectivity index (χ4n) is 3.41. The molecule has 160 valence electrons. The van der Waals surface area contributed by atoms with Crippen molar-refractivity contribution < 1.29 is 22.3 Å². The van der Waals surface area contributed by atoms with Crippen molar-refractivity contribution >= 4 is 44.7 Å². The van der Waals surface area contributed by atoms with Gasteiger partial charge in [0.05, 0.1) is 35.2 Å². The number of carbonyl (C=O) groups is 1. The number of ether oxygens (including phenoxy) is 1. The average molecular weight is 445 g/mol. The Hall–Kier alpha value is -1.98. The zero-order chi connectivity index (χ0) is 21.2. The topological polar surface area (TPSA) is 82.2 Å². The maximum atomic E-state index is 14.8. The number of amides is 1. The van der Waals surface area contributed by atoms with Gasteiger partial charge < -0.3 is 15.0 Å². The van der Waals surface area contributed by atoms with E-state index in [1.54, 1.807) is 26.0 Å². The highest BCUT2D eigenvalue weighted by atomic mass is 32.2. The van der Waals surface area contributed by atoms with Gasteiger partial charge in [-0.25, -0.2) is 17.6 Å². The van der Waals surface area contributed by atoms with Gasteiger partial charge in [-0.15, -0.1) is 0 Å². The summed E-state index contributed by atoms with van der Waals surface area (Å²) < 4.78 is 45.4. The summed E-state index contributed by atoms with van der Waals surface area (Å²) in [5.74, 6) is -0.402. The van der Waals surface area contributed by atoms with Crippen molar-refractivity contribution in [2.24, 2.45) is 0 Å². The molecule has 1 amide bonds. The number of piperazine rings is 1. The highest BCUT2D eigenvalue weighted by Gasteiger charge is 2.33. The Balaban J connectivity index is 1.65. The summed E-state index contributed by atoms with van der Waals surface area (Å²) in [4.78, 5) is 16.0. The normalized spacial score (nSPS) is 20.7. The van der Waals surface area contributed by atoms with Crippen molar-refractivity contribution in [3.63, 3.8) is 0 Å². The van der Waals surface area contributed by atoms with E-state index in [0.717, 1.165) is 0 Å². The maximum Gasteiger partial charge on any atom is 0.414 e. The van der Waals surface area contributed by atoms with Crippen LogP contribution in [0.5, 0.6) is 0 Å². The minimum atomic E-state index is -3.23. The first-order chi connectivity index (χ1) is 13.7. The zero-order valence-corrected chi connectivity index (χ0v) is 18.1. The molecule has 2 saturated heterocycles. The summed E-state index contributed by atoms with van der Waals surface area (Å²) in [6.45, 7) is 5.53. The largest absolute Gasteiger partial charge is 0.442 e. The molecule has 11 heteroatoms. The van der Waals surface area contributed by atoms with Crippen LogP contribution in [-0.2, 0) is 14.8 Å². The molecular weight excluding hydrogens is 419 g/mol. The standard InChI is InChI=1S/C18H25FN4O4S2/c1-3-29(25,26)22-8-6-21(7-9-22)17-5-4-14(10-16(17)19)23-12-15(27-18(23)24)11-20-13(2)28/h4-5,10,15H,3,6-9,11-12H2,1-2H3,(H,20,28)/t15-/m0/s1. The van der Waals surface area contributed by atoms with Crippen LogP contribution in [0, 0.1) is 5.82 Å². The summed E-state index contributed by atoms with van der Waals surface area (Å²) in [5, 5.41) is 2.96. The van der Waals surface area contributed by atoms with Crippen LogP contribution in [-0.4, -0.2) is 74.9 Å². The van der Waals surface area contributed by atoms with E-state index in [4.69, 9.17) is 17.0 Å². The molecule has 0 saturated carbocycles. The van der Waals surface area contributed by atoms with Gasteiger partial charge in [0, 0.05) is 26.2 Å². The predicted octanol–water partition coefficient (Wildman–Crippen LogP) is 1.56. The van der Waals surface area contributed by atoms with Gasteiger partial charge in [0.15, 0.2) is 0 Å². The molecule has 1 N–H and O–H groups in total. The van der Waals surface area contributed by atoms with Gasteiger partial charge >= 0.3 is 6.09 Å². The lowest BCUT2D eigenvalue weighted by molar-refractivity contribution is 0.143. The summed E-state index contributed by atoms with van der Waals surface area (Å²) in [7, 11) is -3.23. The fraction of sp³-hybridized carbons (Fsp3) is 0.556. The van der Waals surface area contributed by atoms with E-state index in [1.807, 2.05) is 4.90 Å². The number of cyclic esters (lactones) is 1. The van der Waals surface area contributed by atoms with Crippen molar-refractivity contribution in [3.05, 3.63) is 24.0 Å². The van der Waals surface area contributed by atoms with Gasteiger partial charge in [-0.1, -0.05) is 12.2 Å². The van der Waals surface area contributed by atoms with E-state index >= 15 is 0 Å². The lowest BCUT2D eigenvalue weighted by Crippen LogP contribution is -2.49. The Bertz CT molecular complexity index is 888. The molecule has 1 aromatic rings. The first-order valence-electron chi connectivity index (χ1n) is 9.46. The monoisotopic (exact) mass is 444 g/mol. The number of anilines is 2. The molecule has 0 aromatic heterocycles. The Morgan fingerprint density at radius 2 is 2.00 bits per heavy atom. The second-order valence-electron chi connectivity index (χ2n) is 6.98. The molecule has 0 aliphatic carbocycles. The lowest BCUT2D eigenvalue weighted by atomic mass is 10.2. The number of sulfonamides is 1. The lowest BCUT2D eigenvalue weighted by Gasteiger charge is -2.35. The highest BCUT2D eigenvalue weighted by Crippen LogP contribution is 2.28. The molecule has 0 spiro atoms. The predicted molar refractivity (Wildman–Crippen MR) is 114 cm³/mol. The van der Waals surface area contributed by atoms with Gasteiger partial charge in [-0.2, -0.15) is 4.31 Å². The van der Waals surface area contributed by atoms with Crippen LogP contribution in [0.1, 0.15) is 13.8 Å². The number of benzene rings is 1. The van der Waals surface area contributed by atoms with E-state index in [0.29, 0.717) is 55.6 Å². The van der Waals surface area contributed by atoms with Crippen LogP contribution in [0.25, 0.3) is 0 Å². The van der Waals surface area contributed by atoms with Crippen LogP contribution < -0.4 is 15.1 Å². The van der Waals surface area contributed by atoms with Crippen LogP contribution in [0.4, 0.5) is 20.6 Å². The maximum absolute atomic E-state index is 14.8. The first-order valence-corrected chi connectivity index (χ1v) is 11.5. The van der Waals surface area contributed by atoms with Crippen molar-refractivity contribution in [1.82, 2.24) is 9.62 Å². The quantitative estimate of drug-likeness (QED) is 0.667. The second kappa shape index (κ2) is 8.80. The number of halogens is 1. The van der Waals surface area contributed by atoms with E-state index in [-0.39, 0.29) is 11.9 Å². The molecule has 1 atom stereocenters. The molecule has 29 heavy (non-hydrogen) atoms. The Kier molecular flexibility index (Phi) is 6.59. The number of nitrogens with one attached hydrogen (secondary N) is 1. The van der Waals surface area contributed by atoms with Crippen molar-refractivity contribution in [2.45, 2.75) is 20.0 Å². The summed E-state index contributed by atoms with van der Waals surface area (Å²) in [5.41, 5.74) is 0.814. The molecule has 2 fully saturated rings. The zero-order valence-electron chi connectivity index (χ0n) is 16.4. The molecular formula is C18H25FN4O4S2. The van der Waals surface area contributed by atoms with Crippen LogP contribution >= 0.6 is 12.2 Å². The average Bonchev–Trinajstić information content (AvgIpc) is 3.07. The molecule has 2 aliphatic heterocycles. The molecule has 0 unspecified atom stereocenters. The first kappa shape index (κ1) is 21.7. The Morgan fingerprint density at radius 1 is 1.31 bits per heavy atom. The summed E-state index contributed by atoms with van der Waals surface area (Å²) >= 11 is 4.95. The molecule has 2 heterocycles. The van der Waals surface area contributed by atoms with Gasteiger partial charge in [-0.3, -0.25) is 4.90 Å². The smallest absolute Gasteiger partial charge is 0.414 e. The molecule has 1 aromatic carbocycles. The van der Waals surface area contributed by atoms with Gasteiger partial charge in [0.1, 0.15) is 11.9 Å². The number of hydrogen-bond donors (Lipinski definition) is 1. The Morgan fingerprint density at radius 3 is 2.59 bits per heavy atom. The number of hydrogen-bond acceptors (Lipinski definition) is 6. The van der Waals surface area contributed by atoms with Gasteiger partial charge in [0.2, 0.25) is 10.0 Å². The van der Waals surface area contributed by atoms with Crippen LogP contribution in [0.2, 0.25) is 0 Å². The number of nitrogens with zero attached hydrogens (tertiary/aromatic N) is 3. The van der Waals surface area contributed by atoms with Gasteiger partial charge in [-0.05, 0) is 32.0 Å². The number of carbonyl (C=O) groups excluding carboxylic acids is 1. The Labute approximate surface area is 175 Å². The summed E-state index contributed by atoms with van der Waals surface area (Å²) in [6.07, 6.45) is -0.888. The van der Waals surface area contributed by atoms with E-state index in [9.17, 15) is 17.6 Å². The van der Waals surface area contributed by atoms with Crippen LogP contribution in [0.15, 0.2) is 18.2 Å². The molecule has 2 aliphatic rings. The minimum absolute atomic E-state index is 0.0581. The molecule has 0 radical (unpaired) electrons. The van der Waals surface area contributed by atoms with Crippen LogP contribution in [0.3, 0.4) is 0 Å². The minimum Gasteiger partial charge on any atom is -0.442 e. The van der Waals surface area contributed by atoms with E-state index in [1.165, 1.54) is 15.3 Å². The van der Waals surface area contributed by atoms with E-state index < -0.39 is 21.9 Å². The van der Waals surface area contributed by atoms with Crippen molar-refractivity contribution in [2.75, 3.05) is 54.8 Å². The third kappa shape index (κ3) is 4.96. The number of rotatable bonds is 6. The molecule has 3 rings (SSSR count).